The van der Waals surface area contributed by atoms with E-state index in [-0.39, 0.29) is 11.8 Å². The number of allylic oxidation sites excluding steroid dienone is 1. The predicted octanol–water partition coefficient (Wildman–Crippen LogP) is 6.13. The monoisotopic (exact) mass is 579 g/mol. The molecule has 4 aromatic rings. The fourth-order valence-corrected chi connectivity index (χ4v) is 6.59. The molecule has 0 bridgehead atoms. The van der Waals surface area contributed by atoms with Gasteiger partial charge in [0.2, 0.25) is 11.8 Å². The molecular weight excluding hydrogens is 558 g/mol. The summed E-state index contributed by atoms with van der Waals surface area (Å²) in [6.45, 7) is 0. The van der Waals surface area contributed by atoms with E-state index in [9.17, 15) is 14.4 Å². The molecule has 1 aliphatic carbocycles. The average molecular weight is 580 g/mol. The van der Waals surface area contributed by atoms with Crippen molar-refractivity contribution in [1.82, 2.24) is 0 Å². The summed E-state index contributed by atoms with van der Waals surface area (Å²) in [6, 6.07) is 26.2. The van der Waals surface area contributed by atoms with Crippen LogP contribution >= 0.6 is 15.9 Å². The third kappa shape index (κ3) is 3.57. The molecule has 4 aromatic carbocycles. The van der Waals surface area contributed by atoms with E-state index >= 15 is 0 Å². The van der Waals surface area contributed by atoms with Crippen molar-refractivity contribution < 1.29 is 23.9 Å². The molecule has 4 atom stereocenters. The van der Waals surface area contributed by atoms with Gasteiger partial charge < -0.3 is 9.47 Å². The van der Waals surface area contributed by atoms with Gasteiger partial charge in [0, 0.05) is 16.0 Å². The molecule has 2 amide bonds. The van der Waals surface area contributed by atoms with Crippen LogP contribution in [0.2, 0.25) is 0 Å². The summed E-state index contributed by atoms with van der Waals surface area (Å²) in [5.41, 5.74) is 2.89. The van der Waals surface area contributed by atoms with Crippen molar-refractivity contribution in [2.24, 2.45) is 17.8 Å². The van der Waals surface area contributed by atoms with Gasteiger partial charge in [0.15, 0.2) is 0 Å². The summed E-state index contributed by atoms with van der Waals surface area (Å²) < 4.78 is 12.0. The number of fused-ring (bicyclic) bond motifs is 7. The minimum absolute atomic E-state index is 0.319. The van der Waals surface area contributed by atoms with Crippen LogP contribution in [0.1, 0.15) is 17.0 Å². The third-order valence-corrected chi connectivity index (χ3v) is 8.60. The number of rotatable bonds is 3. The van der Waals surface area contributed by atoms with Crippen LogP contribution in [0, 0.1) is 17.8 Å². The number of benzene rings is 4. The number of carbonyl (C=O) groups excluding carboxylic acids is 3. The maximum Gasteiger partial charge on any atom is 0.319 e. The molecule has 1 saturated heterocycles. The summed E-state index contributed by atoms with van der Waals surface area (Å²) in [4.78, 5) is 43.0. The van der Waals surface area contributed by atoms with Crippen LogP contribution in [0.5, 0.6) is 11.5 Å². The third-order valence-electron chi connectivity index (χ3n) is 8.07. The van der Waals surface area contributed by atoms with Crippen molar-refractivity contribution in [3.8, 4) is 11.5 Å². The highest BCUT2D eigenvalue weighted by Gasteiger charge is 2.60. The first-order valence-electron chi connectivity index (χ1n) is 12.7. The maximum atomic E-state index is 14.1. The molecule has 39 heavy (non-hydrogen) atoms. The molecule has 7 rings (SSSR count). The highest BCUT2D eigenvalue weighted by atomic mass is 79.9. The van der Waals surface area contributed by atoms with Gasteiger partial charge in [-0.25, -0.2) is 4.90 Å². The van der Waals surface area contributed by atoms with Crippen molar-refractivity contribution in [3.05, 3.63) is 107 Å². The van der Waals surface area contributed by atoms with Crippen LogP contribution in [0.15, 0.2) is 95.5 Å². The Hall–Kier alpha value is -4.23. The second-order valence-electron chi connectivity index (χ2n) is 10.0. The standard InChI is InChI=1S/C32H22BrNO5/c1-38-21-13-6-18(7-14-21)23-16-24-26-22-5-3-2-4-17(22)8-15-25(26)39-32(37)28(24)29-27(23)30(35)34(31(29)36)20-11-9-19(33)10-12-20/h2-16,23,27-29H,1H3/t23-,27-,28-,29+/m0/s1. The fourth-order valence-electron chi connectivity index (χ4n) is 6.33. The molecule has 0 spiro atoms. The number of esters is 1. The predicted molar refractivity (Wildman–Crippen MR) is 150 cm³/mol. The quantitative estimate of drug-likeness (QED) is 0.166. The Balaban J connectivity index is 1.46. The first-order valence-corrected chi connectivity index (χ1v) is 13.5. The molecule has 6 nitrogen and oxygen atoms in total. The van der Waals surface area contributed by atoms with Crippen molar-refractivity contribution in [2.75, 3.05) is 12.0 Å². The van der Waals surface area contributed by atoms with E-state index in [1.54, 1.807) is 37.4 Å². The van der Waals surface area contributed by atoms with Gasteiger partial charge in [-0.05, 0) is 64.4 Å². The second-order valence-corrected chi connectivity index (χ2v) is 10.9. The zero-order chi connectivity index (χ0) is 26.8. The van der Waals surface area contributed by atoms with Gasteiger partial charge in [0.05, 0.1) is 30.6 Å². The van der Waals surface area contributed by atoms with Gasteiger partial charge in [0.25, 0.3) is 0 Å². The molecule has 0 unspecified atom stereocenters. The largest absolute Gasteiger partial charge is 0.497 e. The normalized spacial score (nSPS) is 23.6. The number of halogens is 1. The van der Waals surface area contributed by atoms with E-state index in [1.165, 1.54) is 4.90 Å². The Morgan fingerprint density at radius 2 is 1.54 bits per heavy atom. The van der Waals surface area contributed by atoms with Gasteiger partial charge >= 0.3 is 5.97 Å². The van der Waals surface area contributed by atoms with Gasteiger partial charge in [-0.3, -0.25) is 14.4 Å². The summed E-state index contributed by atoms with van der Waals surface area (Å²) >= 11 is 3.42. The average Bonchev–Trinajstić information content (AvgIpc) is 3.22. The van der Waals surface area contributed by atoms with E-state index < -0.39 is 29.6 Å². The van der Waals surface area contributed by atoms with E-state index in [0.29, 0.717) is 17.2 Å². The second kappa shape index (κ2) is 8.92. The number of amides is 2. The van der Waals surface area contributed by atoms with Crippen LogP contribution in [-0.4, -0.2) is 24.9 Å². The molecule has 192 valence electrons. The SMILES string of the molecule is COc1ccc([C@@H]2C=C3c4c(ccc5ccccc45)OC(=O)[C@@H]3[C@@H]3C(=O)N(c4ccc(Br)cc4)C(=O)[C@H]32)cc1. The number of carbonyl (C=O) groups is 3. The van der Waals surface area contributed by atoms with Crippen molar-refractivity contribution in [3.63, 3.8) is 0 Å². The van der Waals surface area contributed by atoms with Crippen LogP contribution in [0.25, 0.3) is 16.3 Å². The molecular formula is C32H22BrNO5. The number of ether oxygens (including phenoxy) is 2. The van der Waals surface area contributed by atoms with Crippen LogP contribution in [0.3, 0.4) is 0 Å². The summed E-state index contributed by atoms with van der Waals surface area (Å²) in [5, 5.41) is 1.94. The number of anilines is 1. The lowest BCUT2D eigenvalue weighted by Gasteiger charge is -2.38. The van der Waals surface area contributed by atoms with Crippen molar-refractivity contribution in [2.45, 2.75) is 5.92 Å². The van der Waals surface area contributed by atoms with Gasteiger partial charge in [0.1, 0.15) is 11.5 Å². The van der Waals surface area contributed by atoms with Crippen molar-refractivity contribution >= 4 is 55.7 Å². The number of methoxy groups -OCH3 is 1. The molecule has 0 aromatic heterocycles. The number of nitrogens with zero attached hydrogens (tertiary/aromatic N) is 1. The summed E-state index contributed by atoms with van der Waals surface area (Å²) in [5.74, 6) is -3.02. The molecule has 2 heterocycles. The Morgan fingerprint density at radius 1 is 0.821 bits per heavy atom. The maximum absolute atomic E-state index is 14.1. The molecule has 7 heteroatoms. The minimum atomic E-state index is -0.895. The first-order chi connectivity index (χ1) is 19.0. The topological polar surface area (TPSA) is 72.9 Å². The van der Waals surface area contributed by atoms with Crippen LogP contribution in [0.4, 0.5) is 5.69 Å². The Kier molecular flexibility index (Phi) is 5.45. The van der Waals surface area contributed by atoms with E-state index in [2.05, 4.69) is 15.9 Å². The van der Waals surface area contributed by atoms with Crippen molar-refractivity contribution in [1.29, 1.82) is 0 Å². The molecule has 1 fully saturated rings. The van der Waals surface area contributed by atoms with E-state index in [1.807, 2.05) is 60.7 Å². The molecule has 0 saturated carbocycles. The number of imide groups is 1. The Bertz CT molecular complexity index is 1710. The first kappa shape index (κ1) is 23.9. The van der Waals surface area contributed by atoms with E-state index in [0.717, 1.165) is 31.9 Å². The lowest BCUT2D eigenvalue weighted by Crippen LogP contribution is -2.42. The fraction of sp³-hybridized carbons (Fsp3) is 0.156. The molecule has 2 aliphatic heterocycles. The minimum Gasteiger partial charge on any atom is -0.497 e. The van der Waals surface area contributed by atoms with Gasteiger partial charge in [-0.2, -0.15) is 0 Å². The van der Waals surface area contributed by atoms with E-state index in [4.69, 9.17) is 9.47 Å². The lowest BCUT2D eigenvalue weighted by molar-refractivity contribution is -0.142. The summed E-state index contributed by atoms with van der Waals surface area (Å²) in [7, 11) is 1.60. The molecule has 0 N–H and O–H groups in total. The zero-order valence-electron chi connectivity index (χ0n) is 20.8. The van der Waals surface area contributed by atoms with Gasteiger partial charge in [-0.1, -0.05) is 64.5 Å². The number of hydrogen-bond acceptors (Lipinski definition) is 5. The Morgan fingerprint density at radius 3 is 2.28 bits per heavy atom. The van der Waals surface area contributed by atoms with Crippen LogP contribution < -0.4 is 14.4 Å². The van der Waals surface area contributed by atoms with Crippen LogP contribution in [-0.2, 0) is 14.4 Å². The van der Waals surface area contributed by atoms with Gasteiger partial charge in [-0.15, -0.1) is 0 Å². The molecule has 3 aliphatic rings. The Labute approximate surface area is 233 Å². The summed E-state index contributed by atoms with van der Waals surface area (Å²) in [6.07, 6.45) is 2.01. The highest BCUT2D eigenvalue weighted by molar-refractivity contribution is 9.10. The number of hydrogen-bond donors (Lipinski definition) is 0. The molecule has 0 radical (unpaired) electrons. The smallest absolute Gasteiger partial charge is 0.319 e. The highest BCUT2D eigenvalue weighted by Crippen LogP contribution is 2.55. The zero-order valence-corrected chi connectivity index (χ0v) is 22.4. The lowest BCUT2D eigenvalue weighted by atomic mass is 9.64.